The van der Waals surface area contributed by atoms with Crippen molar-refractivity contribution in [2.45, 2.75) is 59.4 Å². The molecular formula is C43H50N4. The second-order valence-corrected chi connectivity index (χ2v) is 12.7. The summed E-state index contributed by atoms with van der Waals surface area (Å²) in [7, 11) is 0. The molecule has 0 amide bonds. The fourth-order valence-electron chi connectivity index (χ4n) is 6.52. The van der Waals surface area contributed by atoms with Crippen LogP contribution in [0.5, 0.6) is 0 Å². The van der Waals surface area contributed by atoms with Gasteiger partial charge in [-0.15, -0.1) is 0 Å². The summed E-state index contributed by atoms with van der Waals surface area (Å²) in [6, 6.07) is 23.2. The number of fused-ring (bicyclic) bond motifs is 2. The van der Waals surface area contributed by atoms with Gasteiger partial charge in [-0.25, -0.2) is 9.97 Å². The van der Waals surface area contributed by atoms with Gasteiger partial charge in [0, 0.05) is 48.2 Å². The van der Waals surface area contributed by atoms with Crippen LogP contribution in [0.2, 0.25) is 0 Å². The van der Waals surface area contributed by atoms with Crippen LogP contribution in [0.3, 0.4) is 0 Å². The Labute approximate surface area is 283 Å². The van der Waals surface area contributed by atoms with E-state index in [1.165, 1.54) is 16.8 Å². The highest BCUT2D eigenvalue weighted by Gasteiger charge is 2.24. The van der Waals surface area contributed by atoms with E-state index >= 15 is 0 Å². The number of hydrogen-bond acceptors (Lipinski definition) is 4. The zero-order valence-electron chi connectivity index (χ0n) is 28.6. The molecule has 3 unspecified atom stereocenters. The lowest BCUT2D eigenvalue weighted by Crippen LogP contribution is -2.36. The second kappa shape index (κ2) is 16.7. The molecule has 0 fully saturated rings. The summed E-state index contributed by atoms with van der Waals surface area (Å²) < 4.78 is 0. The van der Waals surface area contributed by atoms with E-state index in [2.05, 4.69) is 141 Å². The third-order valence-corrected chi connectivity index (χ3v) is 9.06. The van der Waals surface area contributed by atoms with E-state index in [4.69, 9.17) is 9.97 Å². The number of anilines is 1. The van der Waals surface area contributed by atoms with E-state index in [0.717, 1.165) is 67.2 Å². The summed E-state index contributed by atoms with van der Waals surface area (Å²) >= 11 is 0. The van der Waals surface area contributed by atoms with Crippen molar-refractivity contribution >= 4 is 5.82 Å². The lowest BCUT2D eigenvalue weighted by atomic mass is 9.91. The first kappa shape index (κ1) is 33.7. The second-order valence-electron chi connectivity index (χ2n) is 12.7. The molecule has 5 rings (SSSR count). The standard InChI is InChI=1S/C43H50N4/c1-6-9-23-39(8-3)47-27-17-16-18-36-25-24-34(5)32-46(28-26-33(4)29-40(47)30-35(36)7-2)42-31-41(37-19-12-10-13-20-37)44-43(45-42)38-21-14-11-15-22-38/h6,8-16,18-26,28,31,33-34,40H,1,7,17,27,29-30,32H2,2-5H3/b18-16-,23-9-,25-24-,28-26-,36-35-,39-8+. The van der Waals surface area contributed by atoms with E-state index in [1.54, 1.807) is 0 Å². The monoisotopic (exact) mass is 622 g/mol. The predicted molar refractivity (Wildman–Crippen MR) is 201 cm³/mol. The number of hydrogen-bond donors (Lipinski definition) is 0. The largest absolute Gasteiger partial charge is 0.368 e. The molecule has 0 saturated carbocycles. The average Bonchev–Trinajstić information content (AvgIpc) is 3.19. The predicted octanol–water partition coefficient (Wildman–Crippen LogP) is 10.7. The van der Waals surface area contributed by atoms with Crippen molar-refractivity contribution in [3.8, 4) is 22.6 Å². The van der Waals surface area contributed by atoms with Crippen molar-refractivity contribution in [2.24, 2.45) is 11.8 Å². The molecule has 242 valence electrons. The zero-order chi connectivity index (χ0) is 33.0. The normalized spacial score (nSPS) is 24.8. The maximum absolute atomic E-state index is 5.17. The lowest BCUT2D eigenvalue weighted by molar-refractivity contribution is 0.233. The fraction of sp³-hybridized carbons (Fsp3) is 0.302. The van der Waals surface area contributed by atoms with Crippen LogP contribution in [-0.4, -0.2) is 34.0 Å². The molecule has 2 aliphatic heterocycles. The molecule has 0 N–H and O–H groups in total. The van der Waals surface area contributed by atoms with Gasteiger partial charge in [0.1, 0.15) is 5.82 Å². The Bertz CT molecular complexity index is 1600. The summed E-state index contributed by atoms with van der Waals surface area (Å²) in [6.07, 6.45) is 26.6. The van der Waals surface area contributed by atoms with Gasteiger partial charge < -0.3 is 9.80 Å². The Morgan fingerprint density at radius 1 is 0.936 bits per heavy atom. The maximum Gasteiger partial charge on any atom is 0.162 e. The SMILES string of the molecule is C=C/C=C\C(=C/C)N1CC\C=C/C2=C(\CC)CC1CC(C)/C=C\N(c1cc(-c3ccccc3)nc(-c3ccccc3)n1)CC(C)/C=C\2. The summed E-state index contributed by atoms with van der Waals surface area (Å²) in [5.41, 5.74) is 7.17. The third kappa shape index (κ3) is 8.98. The third-order valence-electron chi connectivity index (χ3n) is 9.06. The van der Waals surface area contributed by atoms with Gasteiger partial charge in [0.25, 0.3) is 0 Å². The molecule has 3 aromatic rings. The van der Waals surface area contributed by atoms with Crippen molar-refractivity contribution < 1.29 is 0 Å². The first-order valence-electron chi connectivity index (χ1n) is 17.2. The van der Waals surface area contributed by atoms with Gasteiger partial charge in [0.05, 0.1) is 5.69 Å². The van der Waals surface area contributed by atoms with E-state index < -0.39 is 0 Å². The highest BCUT2D eigenvalue weighted by molar-refractivity contribution is 5.68. The highest BCUT2D eigenvalue weighted by Crippen LogP contribution is 2.31. The fourth-order valence-corrected chi connectivity index (χ4v) is 6.52. The Kier molecular flexibility index (Phi) is 12.0. The minimum Gasteiger partial charge on any atom is -0.368 e. The average molecular weight is 623 g/mol. The molecule has 4 heteroatoms. The van der Waals surface area contributed by atoms with Crippen molar-refractivity contribution in [1.82, 2.24) is 14.9 Å². The molecule has 2 aromatic carbocycles. The summed E-state index contributed by atoms with van der Waals surface area (Å²) in [4.78, 5) is 15.2. The van der Waals surface area contributed by atoms with Crippen LogP contribution >= 0.6 is 0 Å². The van der Waals surface area contributed by atoms with Gasteiger partial charge in [0.2, 0.25) is 0 Å². The van der Waals surface area contributed by atoms with Gasteiger partial charge in [-0.3, -0.25) is 0 Å². The molecule has 0 aliphatic carbocycles. The Morgan fingerprint density at radius 2 is 1.68 bits per heavy atom. The van der Waals surface area contributed by atoms with Crippen molar-refractivity contribution in [3.05, 3.63) is 151 Å². The van der Waals surface area contributed by atoms with Crippen LogP contribution in [0.4, 0.5) is 5.82 Å². The Morgan fingerprint density at radius 3 is 2.38 bits per heavy atom. The first-order valence-corrected chi connectivity index (χ1v) is 17.2. The van der Waals surface area contributed by atoms with Gasteiger partial charge >= 0.3 is 0 Å². The molecule has 0 spiro atoms. The van der Waals surface area contributed by atoms with Crippen LogP contribution < -0.4 is 4.90 Å². The van der Waals surface area contributed by atoms with Gasteiger partial charge in [-0.1, -0.05) is 142 Å². The smallest absolute Gasteiger partial charge is 0.162 e. The number of allylic oxidation sites excluding steroid dienone is 8. The Balaban J connectivity index is 1.59. The van der Waals surface area contributed by atoms with E-state index in [-0.39, 0.29) is 0 Å². The number of benzene rings is 2. The molecule has 3 heterocycles. The molecule has 2 bridgehead atoms. The van der Waals surface area contributed by atoms with E-state index in [0.29, 0.717) is 17.9 Å². The van der Waals surface area contributed by atoms with Crippen LogP contribution in [0, 0.1) is 11.8 Å². The summed E-state index contributed by atoms with van der Waals surface area (Å²) in [5, 5.41) is 0. The summed E-state index contributed by atoms with van der Waals surface area (Å²) in [6.45, 7) is 14.8. The van der Waals surface area contributed by atoms with Crippen LogP contribution in [0.15, 0.2) is 151 Å². The van der Waals surface area contributed by atoms with Crippen molar-refractivity contribution in [1.29, 1.82) is 0 Å². The molecule has 4 nitrogen and oxygen atoms in total. The first-order chi connectivity index (χ1) is 23.0. The summed E-state index contributed by atoms with van der Waals surface area (Å²) in [5.74, 6) is 2.30. The highest BCUT2D eigenvalue weighted by atomic mass is 15.2. The van der Waals surface area contributed by atoms with Crippen molar-refractivity contribution in [3.63, 3.8) is 0 Å². The minimum absolute atomic E-state index is 0.295. The van der Waals surface area contributed by atoms with E-state index in [9.17, 15) is 0 Å². The lowest BCUT2D eigenvalue weighted by Gasteiger charge is -2.36. The number of aromatic nitrogens is 2. The van der Waals surface area contributed by atoms with Gasteiger partial charge in [-0.05, 0) is 56.1 Å². The molecule has 47 heavy (non-hydrogen) atoms. The molecule has 0 radical (unpaired) electrons. The minimum atomic E-state index is 0.295. The molecular weight excluding hydrogens is 573 g/mol. The van der Waals surface area contributed by atoms with Crippen molar-refractivity contribution in [2.75, 3.05) is 18.0 Å². The van der Waals surface area contributed by atoms with Crippen LogP contribution in [0.25, 0.3) is 22.6 Å². The van der Waals surface area contributed by atoms with Crippen LogP contribution in [0.1, 0.15) is 53.4 Å². The maximum atomic E-state index is 5.17. The molecule has 1 aromatic heterocycles. The number of nitrogens with zero attached hydrogens (tertiary/aromatic N) is 4. The van der Waals surface area contributed by atoms with E-state index in [1.807, 2.05) is 30.3 Å². The molecule has 0 saturated heterocycles. The van der Waals surface area contributed by atoms with Gasteiger partial charge in [-0.2, -0.15) is 0 Å². The number of rotatable bonds is 7. The molecule has 2 aliphatic rings. The topological polar surface area (TPSA) is 32.3 Å². The quantitative estimate of drug-likeness (QED) is 0.245. The van der Waals surface area contributed by atoms with Gasteiger partial charge in [0.15, 0.2) is 5.82 Å². The van der Waals surface area contributed by atoms with Crippen LogP contribution in [-0.2, 0) is 0 Å². The Hall–Kier alpha value is -4.70. The molecule has 3 atom stereocenters. The zero-order valence-corrected chi connectivity index (χ0v) is 28.6.